The molecule has 2 rings (SSSR count). The van der Waals surface area contributed by atoms with Gasteiger partial charge in [0, 0.05) is 11.8 Å². The summed E-state index contributed by atoms with van der Waals surface area (Å²) in [4.78, 5) is 12.2. The fourth-order valence-electron chi connectivity index (χ4n) is 2.44. The van der Waals surface area contributed by atoms with Gasteiger partial charge in [-0.25, -0.2) is 17.2 Å². The number of anilines is 2. The van der Waals surface area contributed by atoms with E-state index in [0.29, 0.717) is 16.1 Å². The van der Waals surface area contributed by atoms with E-state index >= 15 is 0 Å². The number of nitrogens with one attached hydrogen (secondary N) is 1. The minimum Gasteiger partial charge on any atom is -0.324 e. The van der Waals surface area contributed by atoms with Crippen molar-refractivity contribution in [2.45, 2.75) is 13.8 Å². The SMILES string of the molecule is Cc1cc(C)cc(NC(=O)CN(c2ccc(F)cc2F)S(C)(=O)=O)c1. The molecule has 0 saturated heterocycles. The lowest BCUT2D eigenvalue weighted by molar-refractivity contribution is -0.114. The molecule has 0 fully saturated rings. The van der Waals surface area contributed by atoms with Crippen molar-refractivity contribution in [1.29, 1.82) is 0 Å². The van der Waals surface area contributed by atoms with E-state index in [4.69, 9.17) is 0 Å². The van der Waals surface area contributed by atoms with Crippen LogP contribution in [0.2, 0.25) is 0 Å². The van der Waals surface area contributed by atoms with Crippen molar-refractivity contribution < 1.29 is 22.0 Å². The van der Waals surface area contributed by atoms with E-state index in [1.165, 1.54) is 0 Å². The second-order valence-electron chi connectivity index (χ2n) is 5.79. The Labute approximate surface area is 145 Å². The van der Waals surface area contributed by atoms with Crippen LogP contribution in [0.25, 0.3) is 0 Å². The van der Waals surface area contributed by atoms with E-state index in [2.05, 4.69) is 5.32 Å². The zero-order valence-corrected chi connectivity index (χ0v) is 14.8. The van der Waals surface area contributed by atoms with Crippen LogP contribution >= 0.6 is 0 Å². The number of amides is 1. The van der Waals surface area contributed by atoms with Gasteiger partial charge >= 0.3 is 0 Å². The zero-order chi connectivity index (χ0) is 18.8. The predicted octanol–water partition coefficient (Wildman–Crippen LogP) is 2.99. The molecule has 0 aliphatic rings. The summed E-state index contributed by atoms with van der Waals surface area (Å²) in [6.45, 7) is 3.09. The van der Waals surface area contributed by atoms with Crippen molar-refractivity contribution in [1.82, 2.24) is 0 Å². The normalized spacial score (nSPS) is 11.2. The molecule has 5 nitrogen and oxygen atoms in total. The molecule has 0 radical (unpaired) electrons. The number of aryl methyl sites for hydroxylation is 2. The number of sulfonamides is 1. The molecule has 0 heterocycles. The lowest BCUT2D eigenvalue weighted by atomic mass is 10.1. The number of rotatable bonds is 5. The molecule has 0 aromatic heterocycles. The second kappa shape index (κ2) is 7.18. The maximum Gasteiger partial charge on any atom is 0.245 e. The van der Waals surface area contributed by atoms with Gasteiger partial charge in [0.05, 0.1) is 11.9 Å². The molecule has 134 valence electrons. The minimum absolute atomic E-state index is 0.389. The molecule has 0 unspecified atom stereocenters. The first kappa shape index (κ1) is 18.9. The average Bonchev–Trinajstić information content (AvgIpc) is 2.43. The Hall–Kier alpha value is -2.48. The summed E-state index contributed by atoms with van der Waals surface area (Å²) in [5.41, 5.74) is 1.98. The van der Waals surface area contributed by atoms with E-state index in [1.807, 2.05) is 19.9 Å². The molecular formula is C17H18F2N2O3S. The Morgan fingerprint density at radius 1 is 1.08 bits per heavy atom. The Morgan fingerprint density at radius 2 is 1.68 bits per heavy atom. The van der Waals surface area contributed by atoms with Crippen LogP contribution < -0.4 is 9.62 Å². The van der Waals surface area contributed by atoms with Crippen LogP contribution in [0.3, 0.4) is 0 Å². The predicted molar refractivity (Wildman–Crippen MR) is 93.1 cm³/mol. The first-order valence-electron chi connectivity index (χ1n) is 7.37. The van der Waals surface area contributed by atoms with Gasteiger partial charge in [0.1, 0.15) is 18.2 Å². The van der Waals surface area contributed by atoms with E-state index in [-0.39, 0.29) is 5.69 Å². The summed E-state index contributed by atoms with van der Waals surface area (Å²) >= 11 is 0. The molecule has 1 N–H and O–H groups in total. The topological polar surface area (TPSA) is 66.5 Å². The number of carbonyl (C=O) groups excluding carboxylic acids is 1. The number of halogens is 2. The van der Waals surface area contributed by atoms with E-state index in [0.717, 1.165) is 29.5 Å². The van der Waals surface area contributed by atoms with E-state index < -0.39 is 34.1 Å². The largest absolute Gasteiger partial charge is 0.324 e. The zero-order valence-electron chi connectivity index (χ0n) is 14.0. The van der Waals surface area contributed by atoms with Crippen LogP contribution in [-0.2, 0) is 14.8 Å². The van der Waals surface area contributed by atoms with Crippen molar-refractivity contribution in [2.24, 2.45) is 0 Å². The standard InChI is InChI=1S/C17H18F2N2O3S/c1-11-6-12(2)8-14(7-11)20-17(22)10-21(25(3,23)24)16-5-4-13(18)9-15(16)19/h4-9H,10H2,1-3H3,(H,20,22). The molecule has 0 bridgehead atoms. The summed E-state index contributed by atoms with van der Waals surface area (Å²) in [6, 6.07) is 7.86. The Balaban J connectivity index is 2.27. The molecule has 0 aliphatic carbocycles. The Morgan fingerprint density at radius 3 is 2.20 bits per heavy atom. The summed E-state index contributed by atoms with van der Waals surface area (Å²) < 4.78 is 51.5. The molecule has 0 aliphatic heterocycles. The molecule has 8 heteroatoms. The highest BCUT2D eigenvalue weighted by molar-refractivity contribution is 7.92. The van der Waals surface area contributed by atoms with Gasteiger partial charge in [0.2, 0.25) is 15.9 Å². The highest BCUT2D eigenvalue weighted by Gasteiger charge is 2.24. The molecule has 0 spiro atoms. The van der Waals surface area contributed by atoms with Crippen LogP contribution in [0.5, 0.6) is 0 Å². The average molecular weight is 368 g/mol. The van der Waals surface area contributed by atoms with Gasteiger partial charge in [-0.15, -0.1) is 0 Å². The maximum absolute atomic E-state index is 13.9. The molecule has 2 aromatic carbocycles. The first-order valence-corrected chi connectivity index (χ1v) is 9.22. The Kier molecular flexibility index (Phi) is 5.42. The molecule has 0 saturated carbocycles. The number of carbonyl (C=O) groups is 1. The van der Waals surface area contributed by atoms with Gasteiger partial charge in [-0.1, -0.05) is 6.07 Å². The maximum atomic E-state index is 13.9. The van der Waals surface area contributed by atoms with E-state index in [9.17, 15) is 22.0 Å². The highest BCUT2D eigenvalue weighted by atomic mass is 32.2. The summed E-state index contributed by atoms with van der Waals surface area (Å²) in [5, 5.41) is 2.59. The number of hydrogen-bond acceptors (Lipinski definition) is 3. The minimum atomic E-state index is -3.95. The lowest BCUT2D eigenvalue weighted by Crippen LogP contribution is -2.38. The van der Waals surface area contributed by atoms with Crippen molar-refractivity contribution in [3.63, 3.8) is 0 Å². The number of benzene rings is 2. The quantitative estimate of drug-likeness (QED) is 0.882. The van der Waals surface area contributed by atoms with Crippen LogP contribution in [0.4, 0.5) is 20.2 Å². The lowest BCUT2D eigenvalue weighted by Gasteiger charge is -2.22. The third-order valence-corrected chi connectivity index (χ3v) is 4.50. The molecular weight excluding hydrogens is 350 g/mol. The van der Waals surface area contributed by atoms with Gasteiger partial charge in [-0.2, -0.15) is 0 Å². The Bertz CT molecular complexity index is 894. The third-order valence-electron chi connectivity index (χ3n) is 3.37. The smallest absolute Gasteiger partial charge is 0.245 e. The van der Waals surface area contributed by atoms with Gasteiger partial charge in [-0.05, 0) is 49.2 Å². The molecule has 0 atom stereocenters. The van der Waals surface area contributed by atoms with Gasteiger partial charge in [0.15, 0.2) is 0 Å². The van der Waals surface area contributed by atoms with Crippen molar-refractivity contribution in [3.05, 3.63) is 59.2 Å². The van der Waals surface area contributed by atoms with Crippen LogP contribution in [0, 0.1) is 25.5 Å². The van der Waals surface area contributed by atoms with Gasteiger partial charge < -0.3 is 5.32 Å². The fraction of sp³-hybridized carbons (Fsp3) is 0.235. The summed E-state index contributed by atoms with van der Waals surface area (Å²) in [5.74, 6) is -2.54. The number of nitrogens with zero attached hydrogens (tertiary/aromatic N) is 1. The summed E-state index contributed by atoms with van der Waals surface area (Å²) in [6.07, 6.45) is 0.847. The van der Waals surface area contributed by atoms with Gasteiger partial charge in [-0.3, -0.25) is 9.10 Å². The van der Waals surface area contributed by atoms with Crippen molar-refractivity contribution in [2.75, 3.05) is 22.4 Å². The van der Waals surface area contributed by atoms with Crippen LogP contribution in [-0.4, -0.2) is 27.1 Å². The molecule has 2 aromatic rings. The second-order valence-corrected chi connectivity index (χ2v) is 7.70. The summed E-state index contributed by atoms with van der Waals surface area (Å²) in [7, 11) is -3.95. The number of hydrogen-bond donors (Lipinski definition) is 1. The van der Waals surface area contributed by atoms with Crippen molar-refractivity contribution >= 4 is 27.3 Å². The third kappa shape index (κ3) is 4.99. The molecule has 25 heavy (non-hydrogen) atoms. The fourth-order valence-corrected chi connectivity index (χ4v) is 3.30. The monoisotopic (exact) mass is 368 g/mol. The van der Waals surface area contributed by atoms with Crippen LogP contribution in [0.15, 0.2) is 36.4 Å². The highest BCUT2D eigenvalue weighted by Crippen LogP contribution is 2.23. The van der Waals surface area contributed by atoms with Crippen molar-refractivity contribution in [3.8, 4) is 0 Å². The molecule has 1 amide bonds. The van der Waals surface area contributed by atoms with Gasteiger partial charge in [0.25, 0.3) is 0 Å². The van der Waals surface area contributed by atoms with Crippen LogP contribution in [0.1, 0.15) is 11.1 Å². The van der Waals surface area contributed by atoms with E-state index in [1.54, 1.807) is 12.1 Å². The first-order chi connectivity index (χ1) is 11.6.